The van der Waals surface area contributed by atoms with Gasteiger partial charge < -0.3 is 5.11 Å². The van der Waals surface area contributed by atoms with Crippen LogP contribution < -0.4 is 0 Å². The summed E-state index contributed by atoms with van der Waals surface area (Å²) >= 11 is 0. The quantitative estimate of drug-likeness (QED) is 0.581. The number of nitriles is 1. The van der Waals surface area contributed by atoms with Crippen molar-refractivity contribution in [1.82, 2.24) is 25.0 Å². The summed E-state index contributed by atoms with van der Waals surface area (Å²) in [5, 5.41) is 29.6. The van der Waals surface area contributed by atoms with Crippen molar-refractivity contribution in [3.8, 4) is 6.07 Å². The van der Waals surface area contributed by atoms with Crippen LogP contribution in [0.4, 0.5) is 0 Å². The predicted molar refractivity (Wildman–Crippen MR) is 101 cm³/mol. The number of hydrogen-bond acceptors (Lipinski definition) is 6. The van der Waals surface area contributed by atoms with Crippen LogP contribution in [0.25, 0.3) is 0 Å². The first kappa shape index (κ1) is 17.5. The van der Waals surface area contributed by atoms with E-state index in [2.05, 4.69) is 26.3 Å². The Labute approximate surface area is 161 Å². The lowest BCUT2D eigenvalue weighted by Gasteiger charge is -2.36. The van der Waals surface area contributed by atoms with E-state index < -0.39 is 11.6 Å². The highest BCUT2D eigenvalue weighted by Gasteiger charge is 2.44. The second-order valence-electron chi connectivity index (χ2n) is 6.24. The van der Waals surface area contributed by atoms with Crippen LogP contribution in [0.2, 0.25) is 0 Å². The van der Waals surface area contributed by atoms with E-state index >= 15 is 0 Å². The maximum absolute atomic E-state index is 12.2. The summed E-state index contributed by atoms with van der Waals surface area (Å²) in [4.78, 5) is 8.65. The molecule has 4 aromatic rings. The molecule has 0 unspecified atom stereocenters. The molecule has 0 aliphatic heterocycles. The van der Waals surface area contributed by atoms with Crippen molar-refractivity contribution >= 4 is 0 Å². The van der Waals surface area contributed by atoms with Crippen LogP contribution in [0.5, 0.6) is 0 Å². The smallest absolute Gasteiger partial charge is 0.144 e. The molecule has 28 heavy (non-hydrogen) atoms. The Morgan fingerprint density at radius 1 is 1.00 bits per heavy atom. The van der Waals surface area contributed by atoms with E-state index in [9.17, 15) is 10.4 Å². The fraction of sp³-hybridized carbons (Fsp3) is 0.0952. The molecule has 136 valence electrons. The van der Waals surface area contributed by atoms with E-state index in [1.165, 1.54) is 0 Å². The van der Waals surface area contributed by atoms with Crippen LogP contribution in [0.15, 0.2) is 85.6 Å². The van der Waals surface area contributed by atoms with Crippen molar-refractivity contribution in [1.29, 1.82) is 5.26 Å². The zero-order chi connectivity index (χ0) is 19.4. The molecule has 0 saturated carbocycles. The molecule has 0 spiro atoms. The predicted octanol–water partition coefficient (Wildman–Crippen LogP) is 2.47. The monoisotopic (exact) mass is 368 g/mol. The molecule has 0 amide bonds. The molecule has 3 heterocycles. The Morgan fingerprint density at radius 3 is 2.57 bits per heavy atom. The molecular weight excluding hydrogens is 352 g/mol. The molecule has 1 aromatic carbocycles. The molecule has 2 atom stereocenters. The third-order valence-electron chi connectivity index (χ3n) is 4.60. The summed E-state index contributed by atoms with van der Waals surface area (Å²) in [6, 6.07) is 17.3. The fourth-order valence-corrected chi connectivity index (χ4v) is 3.33. The minimum absolute atomic E-state index is 0.443. The fourth-order valence-electron chi connectivity index (χ4n) is 3.33. The molecule has 4 rings (SSSR count). The molecule has 0 aliphatic carbocycles. The standard InChI is InChI=1S/C21H16N6O/c22-14-16-5-3-6-17(13-16)21(28,18-7-4-9-23-15-18)20(27-12-11-25-26-27)19-8-1-2-10-24-19/h1-13,15,20,28H/t20-,21-/m0/s1. The van der Waals surface area contributed by atoms with Crippen molar-refractivity contribution in [3.63, 3.8) is 0 Å². The topological polar surface area (TPSA) is 101 Å². The van der Waals surface area contributed by atoms with Crippen molar-refractivity contribution in [3.05, 3.63) is 108 Å². The average Bonchev–Trinajstić information content (AvgIpc) is 3.29. The van der Waals surface area contributed by atoms with E-state index in [0.29, 0.717) is 22.4 Å². The third kappa shape index (κ3) is 3.02. The van der Waals surface area contributed by atoms with Gasteiger partial charge in [-0.3, -0.25) is 9.97 Å². The van der Waals surface area contributed by atoms with Gasteiger partial charge in [-0.15, -0.1) is 5.10 Å². The minimum atomic E-state index is -1.59. The highest BCUT2D eigenvalue weighted by atomic mass is 16.3. The van der Waals surface area contributed by atoms with Gasteiger partial charge in [-0.1, -0.05) is 29.5 Å². The Bertz CT molecular complexity index is 1090. The van der Waals surface area contributed by atoms with Gasteiger partial charge in [-0.25, -0.2) is 4.68 Å². The van der Waals surface area contributed by atoms with Gasteiger partial charge in [-0.05, 0) is 35.9 Å². The molecule has 0 fully saturated rings. The zero-order valence-electron chi connectivity index (χ0n) is 14.8. The van der Waals surface area contributed by atoms with Gasteiger partial charge in [0.25, 0.3) is 0 Å². The minimum Gasteiger partial charge on any atom is -0.378 e. The molecule has 0 aliphatic rings. The van der Waals surface area contributed by atoms with Gasteiger partial charge in [0, 0.05) is 30.4 Å². The number of nitrogens with zero attached hydrogens (tertiary/aromatic N) is 6. The number of rotatable bonds is 5. The third-order valence-corrected chi connectivity index (χ3v) is 4.60. The van der Waals surface area contributed by atoms with Crippen molar-refractivity contribution in [2.45, 2.75) is 11.6 Å². The lowest BCUT2D eigenvalue weighted by atomic mass is 9.79. The molecule has 0 radical (unpaired) electrons. The lowest BCUT2D eigenvalue weighted by Crippen LogP contribution is -2.40. The summed E-state index contributed by atoms with van der Waals surface area (Å²) in [7, 11) is 0. The highest BCUT2D eigenvalue weighted by Crippen LogP contribution is 2.42. The number of aromatic nitrogens is 5. The van der Waals surface area contributed by atoms with Crippen LogP contribution in [0.1, 0.15) is 28.4 Å². The van der Waals surface area contributed by atoms with Crippen LogP contribution in [0, 0.1) is 11.3 Å². The van der Waals surface area contributed by atoms with Crippen molar-refractivity contribution in [2.75, 3.05) is 0 Å². The first-order valence-corrected chi connectivity index (χ1v) is 8.63. The first-order chi connectivity index (χ1) is 13.7. The Balaban J connectivity index is 2.02. The SMILES string of the molecule is N#Cc1cccc([C@](O)(c2cccnc2)[C@H](c2ccccn2)n2ccnn2)c1. The van der Waals surface area contributed by atoms with Gasteiger partial charge >= 0.3 is 0 Å². The largest absolute Gasteiger partial charge is 0.378 e. The van der Waals surface area contributed by atoms with Gasteiger partial charge in [0.1, 0.15) is 11.6 Å². The average molecular weight is 368 g/mol. The van der Waals surface area contributed by atoms with Crippen LogP contribution in [-0.4, -0.2) is 30.1 Å². The maximum atomic E-state index is 12.2. The second-order valence-corrected chi connectivity index (χ2v) is 6.24. The Morgan fingerprint density at radius 2 is 1.89 bits per heavy atom. The summed E-state index contributed by atoms with van der Waals surface area (Å²) in [6.45, 7) is 0. The lowest BCUT2D eigenvalue weighted by molar-refractivity contribution is 0.0310. The van der Waals surface area contributed by atoms with E-state index in [1.807, 2.05) is 12.1 Å². The molecule has 1 N–H and O–H groups in total. The van der Waals surface area contributed by atoms with Gasteiger partial charge in [0.05, 0.1) is 23.5 Å². The molecule has 0 saturated heterocycles. The number of benzene rings is 1. The summed E-state index contributed by atoms with van der Waals surface area (Å²) < 4.78 is 1.56. The Hall–Kier alpha value is -3.89. The number of pyridine rings is 2. The first-order valence-electron chi connectivity index (χ1n) is 8.63. The van der Waals surface area contributed by atoms with Gasteiger partial charge in [0.2, 0.25) is 0 Å². The summed E-state index contributed by atoms with van der Waals surface area (Å²) in [5.74, 6) is 0. The molecule has 3 aromatic heterocycles. The van der Waals surface area contributed by atoms with Gasteiger partial charge in [0.15, 0.2) is 0 Å². The van der Waals surface area contributed by atoms with Crippen molar-refractivity contribution < 1.29 is 5.11 Å². The number of aliphatic hydroxyl groups is 1. The summed E-state index contributed by atoms with van der Waals surface area (Å²) in [6.07, 6.45) is 8.13. The molecule has 7 heteroatoms. The summed E-state index contributed by atoms with van der Waals surface area (Å²) in [5.41, 5.74) is 0.533. The molecule has 7 nitrogen and oxygen atoms in total. The van der Waals surface area contributed by atoms with E-state index in [4.69, 9.17) is 0 Å². The zero-order valence-corrected chi connectivity index (χ0v) is 14.8. The molecular formula is C21H16N6O. The van der Waals surface area contributed by atoms with Crippen LogP contribution in [-0.2, 0) is 5.60 Å². The van der Waals surface area contributed by atoms with Gasteiger partial charge in [-0.2, -0.15) is 5.26 Å². The second kappa shape index (κ2) is 7.39. The van der Waals surface area contributed by atoms with Crippen LogP contribution >= 0.6 is 0 Å². The maximum Gasteiger partial charge on any atom is 0.144 e. The number of hydrogen-bond donors (Lipinski definition) is 1. The molecule has 0 bridgehead atoms. The van der Waals surface area contributed by atoms with Crippen LogP contribution in [0.3, 0.4) is 0 Å². The van der Waals surface area contributed by atoms with E-state index in [1.54, 1.807) is 78.1 Å². The normalized spacial score (nSPS) is 14.0. The Kier molecular flexibility index (Phi) is 4.62. The highest BCUT2D eigenvalue weighted by molar-refractivity contribution is 5.43. The van der Waals surface area contributed by atoms with Crippen molar-refractivity contribution in [2.24, 2.45) is 0 Å². The van der Waals surface area contributed by atoms with E-state index in [0.717, 1.165) is 0 Å². The van der Waals surface area contributed by atoms with E-state index in [-0.39, 0.29) is 0 Å².